The van der Waals surface area contributed by atoms with E-state index in [1.807, 2.05) is 0 Å². The highest BCUT2D eigenvalue weighted by molar-refractivity contribution is 8.00. The second kappa shape index (κ2) is 8.60. The van der Waals surface area contributed by atoms with Crippen LogP contribution in [0, 0.1) is 5.82 Å². The summed E-state index contributed by atoms with van der Waals surface area (Å²) in [5, 5.41) is 8.84. The van der Waals surface area contributed by atoms with Crippen LogP contribution in [0.2, 0.25) is 0 Å². The third-order valence-corrected chi connectivity index (χ3v) is 5.52. The molecule has 1 aliphatic heterocycles. The van der Waals surface area contributed by atoms with Crippen molar-refractivity contribution in [3.05, 3.63) is 83.7 Å². The molecule has 0 saturated heterocycles. The normalized spacial score (nSPS) is 16.9. The quantitative estimate of drug-likeness (QED) is 0.665. The Labute approximate surface area is 164 Å². The van der Waals surface area contributed by atoms with Crippen LogP contribution in [0.1, 0.15) is 17.7 Å². The first kappa shape index (κ1) is 20.1. The molecule has 0 amide bonds. The molecule has 1 atom stereocenters. The van der Waals surface area contributed by atoms with E-state index < -0.39 is 29.5 Å². The fraction of sp³-hybridized carbons (Fsp3) is 0.250. The van der Waals surface area contributed by atoms with Crippen molar-refractivity contribution in [1.82, 2.24) is 4.90 Å². The summed E-state index contributed by atoms with van der Waals surface area (Å²) in [6.07, 6.45) is 5.81. The summed E-state index contributed by atoms with van der Waals surface area (Å²) in [7, 11) is 0. The molecule has 8 heteroatoms. The Morgan fingerprint density at radius 3 is 2.64 bits per heavy atom. The highest BCUT2D eigenvalue weighted by atomic mass is 32.2. The maximum Gasteiger partial charge on any atom is 0.334 e. The first-order chi connectivity index (χ1) is 13.4. The Morgan fingerprint density at radius 2 is 2.00 bits per heavy atom. The second-order valence-electron chi connectivity index (χ2n) is 6.20. The molecule has 0 bridgehead atoms. The van der Waals surface area contributed by atoms with Crippen molar-refractivity contribution in [1.29, 1.82) is 0 Å². The molecule has 1 aliphatic rings. The number of hydrogen-bond donors (Lipinski definition) is 1. The second-order valence-corrected chi connectivity index (χ2v) is 7.39. The van der Waals surface area contributed by atoms with Crippen LogP contribution in [-0.4, -0.2) is 27.1 Å². The van der Waals surface area contributed by atoms with E-state index in [-0.39, 0.29) is 16.9 Å². The van der Waals surface area contributed by atoms with Crippen molar-refractivity contribution in [2.75, 3.05) is 5.75 Å². The van der Waals surface area contributed by atoms with E-state index in [1.165, 1.54) is 12.3 Å². The van der Waals surface area contributed by atoms with Gasteiger partial charge in [0.15, 0.2) is 0 Å². The molecular formula is C20H18F3NO3S. The van der Waals surface area contributed by atoms with Crippen LogP contribution in [-0.2, 0) is 17.3 Å². The van der Waals surface area contributed by atoms with E-state index in [4.69, 9.17) is 4.42 Å². The molecule has 1 aromatic heterocycles. The van der Waals surface area contributed by atoms with Gasteiger partial charge in [-0.1, -0.05) is 12.1 Å². The van der Waals surface area contributed by atoms with Gasteiger partial charge in [0, 0.05) is 23.9 Å². The standard InChI is InChI=1S/C20H18F3NO3S/c21-15-7-5-14(6-8-15)20(22,23)9-12-28-18-17(19(25)26)4-1-10-24(18)13-16-3-2-11-27-16/h1-8,10-11,18H,9,12-13H2,(H,25,26). The van der Waals surface area contributed by atoms with Gasteiger partial charge in [-0.05, 0) is 36.4 Å². The Balaban J connectivity index is 1.67. The van der Waals surface area contributed by atoms with Crippen molar-refractivity contribution in [2.45, 2.75) is 24.3 Å². The largest absolute Gasteiger partial charge is 0.478 e. The number of thioether (sulfide) groups is 1. The zero-order chi connectivity index (χ0) is 20.1. The van der Waals surface area contributed by atoms with E-state index in [2.05, 4.69) is 0 Å². The van der Waals surface area contributed by atoms with Gasteiger partial charge in [0.05, 0.1) is 18.4 Å². The van der Waals surface area contributed by atoms with Crippen molar-refractivity contribution in [3.63, 3.8) is 0 Å². The lowest BCUT2D eigenvalue weighted by Gasteiger charge is -2.32. The first-order valence-corrected chi connectivity index (χ1v) is 9.57. The molecule has 1 N–H and O–H groups in total. The molecular weight excluding hydrogens is 391 g/mol. The molecule has 0 radical (unpaired) electrons. The maximum atomic E-state index is 14.4. The predicted molar refractivity (Wildman–Crippen MR) is 100 cm³/mol. The van der Waals surface area contributed by atoms with Crippen LogP contribution >= 0.6 is 11.8 Å². The van der Waals surface area contributed by atoms with Gasteiger partial charge in [0.2, 0.25) is 0 Å². The monoisotopic (exact) mass is 409 g/mol. The number of alkyl halides is 2. The SMILES string of the molecule is O=C(O)C1=CC=CN(Cc2ccco2)C1SCCC(F)(F)c1ccc(F)cc1. The van der Waals surface area contributed by atoms with Gasteiger partial charge in [0.1, 0.15) is 17.0 Å². The van der Waals surface area contributed by atoms with Crippen LogP contribution < -0.4 is 0 Å². The van der Waals surface area contributed by atoms with Crippen molar-refractivity contribution >= 4 is 17.7 Å². The number of allylic oxidation sites excluding steroid dienone is 2. The molecule has 0 fully saturated rings. The predicted octanol–water partition coefficient (Wildman–Crippen LogP) is 5.00. The van der Waals surface area contributed by atoms with Crippen LogP contribution in [0.15, 0.2) is 71.0 Å². The summed E-state index contributed by atoms with van der Waals surface area (Å²) >= 11 is 1.12. The van der Waals surface area contributed by atoms with Gasteiger partial charge in [-0.2, -0.15) is 0 Å². The molecule has 2 aromatic rings. The zero-order valence-electron chi connectivity index (χ0n) is 14.7. The smallest absolute Gasteiger partial charge is 0.334 e. The average Bonchev–Trinajstić information content (AvgIpc) is 3.16. The van der Waals surface area contributed by atoms with Crippen molar-refractivity contribution < 1.29 is 27.5 Å². The van der Waals surface area contributed by atoms with Gasteiger partial charge in [0.25, 0.3) is 5.92 Å². The van der Waals surface area contributed by atoms with Crippen LogP contribution in [0.5, 0.6) is 0 Å². The summed E-state index contributed by atoms with van der Waals surface area (Å²) in [6, 6.07) is 7.61. The number of nitrogens with zero attached hydrogens (tertiary/aromatic N) is 1. The van der Waals surface area contributed by atoms with Gasteiger partial charge >= 0.3 is 5.97 Å². The Morgan fingerprint density at radius 1 is 1.25 bits per heavy atom. The number of carboxylic acid groups (broad SMARTS) is 1. The molecule has 28 heavy (non-hydrogen) atoms. The van der Waals surface area contributed by atoms with E-state index in [0.29, 0.717) is 12.3 Å². The van der Waals surface area contributed by atoms with E-state index in [9.17, 15) is 23.1 Å². The van der Waals surface area contributed by atoms with E-state index in [0.717, 1.165) is 36.0 Å². The number of rotatable bonds is 8. The molecule has 0 aliphatic carbocycles. The third kappa shape index (κ3) is 4.81. The number of benzene rings is 1. The lowest BCUT2D eigenvalue weighted by molar-refractivity contribution is -0.133. The number of furan rings is 1. The van der Waals surface area contributed by atoms with Gasteiger partial charge < -0.3 is 14.4 Å². The van der Waals surface area contributed by atoms with E-state index >= 15 is 0 Å². The van der Waals surface area contributed by atoms with Crippen LogP contribution in [0.25, 0.3) is 0 Å². The summed E-state index contributed by atoms with van der Waals surface area (Å²) in [6.45, 7) is 0.320. The van der Waals surface area contributed by atoms with Crippen LogP contribution in [0.4, 0.5) is 13.2 Å². The van der Waals surface area contributed by atoms with Crippen molar-refractivity contribution in [3.8, 4) is 0 Å². The molecule has 2 heterocycles. The lowest BCUT2D eigenvalue weighted by atomic mass is 10.1. The minimum absolute atomic E-state index is 0.0160. The molecule has 148 valence electrons. The molecule has 3 rings (SSSR count). The van der Waals surface area contributed by atoms with Crippen molar-refractivity contribution in [2.24, 2.45) is 0 Å². The molecule has 0 spiro atoms. The first-order valence-electron chi connectivity index (χ1n) is 8.52. The molecule has 1 aromatic carbocycles. The molecule has 1 unspecified atom stereocenters. The molecule has 0 saturated carbocycles. The minimum atomic E-state index is -3.13. The maximum absolute atomic E-state index is 14.4. The Kier molecular flexibility index (Phi) is 6.18. The highest BCUT2D eigenvalue weighted by Gasteiger charge is 2.33. The number of halogens is 3. The fourth-order valence-electron chi connectivity index (χ4n) is 2.81. The number of aliphatic carboxylic acids is 1. The number of carboxylic acids is 1. The number of hydrogen-bond acceptors (Lipinski definition) is 4. The van der Waals surface area contributed by atoms with Gasteiger partial charge in [-0.15, -0.1) is 11.8 Å². The van der Waals surface area contributed by atoms with Gasteiger partial charge in [-0.3, -0.25) is 0 Å². The Hall–Kier alpha value is -2.61. The molecule has 4 nitrogen and oxygen atoms in total. The van der Waals surface area contributed by atoms with Crippen LogP contribution in [0.3, 0.4) is 0 Å². The highest BCUT2D eigenvalue weighted by Crippen LogP contribution is 2.36. The number of carbonyl (C=O) groups is 1. The van der Waals surface area contributed by atoms with Gasteiger partial charge in [-0.25, -0.2) is 18.0 Å². The third-order valence-electron chi connectivity index (χ3n) is 4.24. The zero-order valence-corrected chi connectivity index (χ0v) is 15.5. The summed E-state index contributed by atoms with van der Waals surface area (Å²) in [5.41, 5.74) is -0.149. The topological polar surface area (TPSA) is 53.7 Å². The summed E-state index contributed by atoms with van der Waals surface area (Å²) in [5.74, 6) is -4.16. The fourth-order valence-corrected chi connectivity index (χ4v) is 4.11. The summed E-state index contributed by atoms with van der Waals surface area (Å²) < 4.78 is 47.0. The summed E-state index contributed by atoms with van der Waals surface area (Å²) in [4.78, 5) is 13.3. The average molecular weight is 409 g/mol. The lowest BCUT2D eigenvalue weighted by Crippen LogP contribution is -2.34. The van der Waals surface area contributed by atoms with E-state index in [1.54, 1.807) is 29.3 Å². The minimum Gasteiger partial charge on any atom is -0.478 e. The Bertz CT molecular complexity index is 863.